The summed E-state index contributed by atoms with van der Waals surface area (Å²) >= 11 is 0. The van der Waals surface area contributed by atoms with Crippen LogP contribution >= 0.6 is 0 Å². The van der Waals surface area contributed by atoms with Crippen molar-refractivity contribution in [2.45, 2.75) is 13.8 Å². The zero-order chi connectivity index (χ0) is 11.4. The lowest BCUT2D eigenvalue weighted by molar-refractivity contribution is 1.17. The molecule has 0 atom stereocenters. The van der Waals surface area contributed by atoms with E-state index in [1.165, 1.54) is 0 Å². The molecule has 2 rings (SSSR count). The van der Waals surface area contributed by atoms with Crippen LogP contribution in [-0.2, 0) is 0 Å². The van der Waals surface area contributed by atoms with Crippen molar-refractivity contribution < 1.29 is 0 Å². The number of hydrogen-bond acceptors (Lipinski definition) is 2. The van der Waals surface area contributed by atoms with Crippen molar-refractivity contribution in [3.8, 4) is 0 Å². The third kappa shape index (κ3) is 2.76. The highest BCUT2D eigenvalue weighted by Crippen LogP contribution is 2.05. The number of aryl methyl sites for hydroxylation is 2. The summed E-state index contributed by atoms with van der Waals surface area (Å²) < 4.78 is 0. The van der Waals surface area contributed by atoms with E-state index in [4.69, 9.17) is 0 Å². The smallest absolute Gasteiger partial charge is 0.0633 e. The van der Waals surface area contributed by atoms with Crippen LogP contribution in [0.4, 0.5) is 0 Å². The summed E-state index contributed by atoms with van der Waals surface area (Å²) in [5, 5.41) is 0. The summed E-state index contributed by atoms with van der Waals surface area (Å²) in [6, 6.07) is 12.0. The second-order valence-corrected chi connectivity index (χ2v) is 3.74. The van der Waals surface area contributed by atoms with E-state index in [2.05, 4.69) is 9.97 Å². The number of aromatic nitrogens is 2. The molecule has 0 aliphatic rings. The molecule has 0 aromatic carbocycles. The monoisotopic (exact) mass is 210 g/mol. The molecular formula is C14H14N2. The number of pyridine rings is 2. The van der Waals surface area contributed by atoms with Crippen LogP contribution in [0.3, 0.4) is 0 Å². The fourth-order valence-electron chi connectivity index (χ4n) is 1.48. The average Bonchev–Trinajstić information content (AvgIpc) is 2.27. The van der Waals surface area contributed by atoms with Crippen LogP contribution < -0.4 is 0 Å². The maximum absolute atomic E-state index is 4.40. The Morgan fingerprint density at radius 2 is 1.19 bits per heavy atom. The SMILES string of the molecule is Cc1cccc(C=Cc2cccc(C)n2)n1. The lowest BCUT2D eigenvalue weighted by atomic mass is 10.2. The molecule has 2 aromatic rings. The lowest BCUT2D eigenvalue weighted by Gasteiger charge is -1.96. The van der Waals surface area contributed by atoms with Gasteiger partial charge in [-0.1, -0.05) is 12.1 Å². The second-order valence-electron chi connectivity index (χ2n) is 3.74. The highest BCUT2D eigenvalue weighted by Gasteiger charge is 1.91. The minimum atomic E-state index is 0.961. The first-order chi connectivity index (χ1) is 7.74. The van der Waals surface area contributed by atoms with E-state index in [0.29, 0.717) is 0 Å². The van der Waals surface area contributed by atoms with Gasteiger partial charge in [-0.05, 0) is 50.3 Å². The first-order valence-electron chi connectivity index (χ1n) is 5.29. The molecule has 0 aliphatic carbocycles. The van der Waals surface area contributed by atoms with Crippen LogP contribution in [0.25, 0.3) is 12.2 Å². The van der Waals surface area contributed by atoms with Gasteiger partial charge in [0, 0.05) is 11.4 Å². The van der Waals surface area contributed by atoms with E-state index < -0.39 is 0 Å². The Morgan fingerprint density at radius 3 is 1.56 bits per heavy atom. The van der Waals surface area contributed by atoms with Crippen LogP contribution in [0.1, 0.15) is 22.8 Å². The molecule has 0 fully saturated rings. The van der Waals surface area contributed by atoms with Gasteiger partial charge in [-0.2, -0.15) is 0 Å². The third-order valence-electron chi connectivity index (χ3n) is 2.24. The quantitative estimate of drug-likeness (QED) is 0.760. The molecule has 0 saturated carbocycles. The molecule has 2 heteroatoms. The maximum Gasteiger partial charge on any atom is 0.0633 e. The summed E-state index contributed by atoms with van der Waals surface area (Å²) in [6.45, 7) is 3.98. The topological polar surface area (TPSA) is 25.8 Å². The van der Waals surface area contributed by atoms with Crippen molar-refractivity contribution in [3.05, 3.63) is 59.2 Å². The van der Waals surface area contributed by atoms with Gasteiger partial charge >= 0.3 is 0 Å². The van der Waals surface area contributed by atoms with Crippen LogP contribution in [0.15, 0.2) is 36.4 Å². The summed E-state index contributed by atoms with van der Waals surface area (Å²) in [4.78, 5) is 8.79. The number of rotatable bonds is 2. The Balaban J connectivity index is 2.21. The Morgan fingerprint density at radius 1 is 0.750 bits per heavy atom. The highest BCUT2D eigenvalue weighted by molar-refractivity contribution is 5.66. The van der Waals surface area contributed by atoms with E-state index in [1.807, 2.05) is 62.4 Å². The van der Waals surface area contributed by atoms with Crippen molar-refractivity contribution in [1.82, 2.24) is 9.97 Å². The molecule has 0 spiro atoms. The summed E-state index contributed by atoms with van der Waals surface area (Å²) in [5.41, 5.74) is 3.98. The number of hydrogen-bond donors (Lipinski definition) is 0. The normalized spacial score (nSPS) is 10.9. The predicted molar refractivity (Wildman–Crippen MR) is 66.9 cm³/mol. The molecule has 0 N–H and O–H groups in total. The third-order valence-corrected chi connectivity index (χ3v) is 2.24. The molecule has 80 valence electrons. The molecule has 16 heavy (non-hydrogen) atoms. The fraction of sp³-hybridized carbons (Fsp3) is 0.143. The van der Waals surface area contributed by atoms with E-state index in [9.17, 15) is 0 Å². The fourth-order valence-corrected chi connectivity index (χ4v) is 1.48. The molecule has 0 aliphatic heterocycles. The highest BCUT2D eigenvalue weighted by atomic mass is 14.7. The van der Waals surface area contributed by atoms with Crippen molar-refractivity contribution >= 4 is 12.2 Å². The van der Waals surface area contributed by atoms with Crippen molar-refractivity contribution in [2.24, 2.45) is 0 Å². The Kier molecular flexibility index (Phi) is 3.10. The van der Waals surface area contributed by atoms with Crippen molar-refractivity contribution in [3.63, 3.8) is 0 Å². The number of nitrogens with zero attached hydrogens (tertiary/aromatic N) is 2. The van der Waals surface area contributed by atoms with Gasteiger partial charge in [-0.3, -0.25) is 9.97 Å². The van der Waals surface area contributed by atoms with E-state index in [0.717, 1.165) is 22.8 Å². The maximum atomic E-state index is 4.40. The summed E-state index contributed by atoms with van der Waals surface area (Å²) in [5.74, 6) is 0. The average molecular weight is 210 g/mol. The molecule has 0 amide bonds. The van der Waals surface area contributed by atoms with Gasteiger partial charge in [0.2, 0.25) is 0 Å². The summed E-state index contributed by atoms with van der Waals surface area (Å²) in [7, 11) is 0. The van der Waals surface area contributed by atoms with Crippen molar-refractivity contribution in [1.29, 1.82) is 0 Å². The molecule has 0 unspecified atom stereocenters. The van der Waals surface area contributed by atoms with Crippen molar-refractivity contribution in [2.75, 3.05) is 0 Å². The molecule has 2 nitrogen and oxygen atoms in total. The van der Waals surface area contributed by atoms with Gasteiger partial charge in [-0.25, -0.2) is 0 Å². The first kappa shape index (κ1) is 10.6. The molecule has 2 heterocycles. The first-order valence-corrected chi connectivity index (χ1v) is 5.29. The van der Waals surface area contributed by atoms with Crippen LogP contribution in [-0.4, -0.2) is 9.97 Å². The zero-order valence-electron chi connectivity index (χ0n) is 9.51. The lowest BCUT2D eigenvalue weighted by Crippen LogP contribution is -1.85. The molecule has 0 saturated heterocycles. The Labute approximate surface area is 95.7 Å². The minimum Gasteiger partial charge on any atom is -0.254 e. The van der Waals surface area contributed by atoms with Gasteiger partial charge in [0.05, 0.1) is 11.4 Å². The molecule has 0 bridgehead atoms. The Hall–Kier alpha value is -1.96. The van der Waals surface area contributed by atoms with E-state index in [1.54, 1.807) is 0 Å². The Bertz CT molecular complexity index is 468. The zero-order valence-corrected chi connectivity index (χ0v) is 9.51. The predicted octanol–water partition coefficient (Wildman–Crippen LogP) is 3.26. The largest absolute Gasteiger partial charge is 0.254 e. The molecular weight excluding hydrogens is 196 g/mol. The molecule has 0 radical (unpaired) electrons. The van der Waals surface area contributed by atoms with Crippen LogP contribution in [0, 0.1) is 13.8 Å². The van der Waals surface area contributed by atoms with E-state index in [-0.39, 0.29) is 0 Å². The van der Waals surface area contributed by atoms with Gasteiger partial charge in [0.25, 0.3) is 0 Å². The van der Waals surface area contributed by atoms with Crippen LogP contribution in [0.2, 0.25) is 0 Å². The van der Waals surface area contributed by atoms with Gasteiger partial charge in [0.1, 0.15) is 0 Å². The van der Waals surface area contributed by atoms with Gasteiger partial charge < -0.3 is 0 Å². The molecule has 2 aromatic heterocycles. The van der Waals surface area contributed by atoms with Gasteiger partial charge in [0.15, 0.2) is 0 Å². The summed E-state index contributed by atoms with van der Waals surface area (Å²) in [6.07, 6.45) is 3.96. The standard InChI is InChI=1S/C14H14N2/c1-11-5-3-7-13(15-11)9-10-14-8-4-6-12(2)16-14/h3-10H,1-2H3. The minimum absolute atomic E-state index is 0.961. The van der Waals surface area contributed by atoms with Gasteiger partial charge in [-0.15, -0.1) is 0 Å². The second kappa shape index (κ2) is 4.71. The van der Waals surface area contributed by atoms with E-state index >= 15 is 0 Å². The van der Waals surface area contributed by atoms with Crippen LogP contribution in [0.5, 0.6) is 0 Å².